The SMILES string of the molecule is [O-]C1CC2(CCC2)Cc2nc(C3CCOCC3)c3c(c21)C1(CCOCC1)OC3c1ccc(C(F)(F)F)cn1. The highest BCUT2D eigenvalue weighted by molar-refractivity contribution is 5.54. The number of hydrogen-bond donors (Lipinski definition) is 0. The molecule has 0 aromatic carbocycles. The average molecular weight is 530 g/mol. The van der Waals surface area contributed by atoms with E-state index in [1.165, 1.54) is 6.07 Å². The van der Waals surface area contributed by atoms with Gasteiger partial charge in [-0.15, -0.1) is 0 Å². The number of ether oxygens (including phenoxy) is 3. The summed E-state index contributed by atoms with van der Waals surface area (Å²) in [6, 6.07) is 2.48. The molecule has 38 heavy (non-hydrogen) atoms. The van der Waals surface area contributed by atoms with Crippen molar-refractivity contribution in [2.45, 2.75) is 87.7 Å². The topological polar surface area (TPSA) is 76.5 Å². The summed E-state index contributed by atoms with van der Waals surface area (Å²) in [5.41, 5.74) is 3.43. The standard InChI is InChI=1S/C29H32F3N2O4/c30-29(31,32)18-2-3-19(33-16-18)26-23-24(28(38-26)8-12-37-13-9-28)22-20(14-27(6-1-7-27)15-21(22)35)34-25(23)17-4-10-36-11-5-17/h2-3,16-17,21,26H,1,4-15H2/q-1. The fourth-order valence-electron chi connectivity index (χ4n) is 7.53. The maximum Gasteiger partial charge on any atom is 0.417 e. The molecular formula is C29H32F3N2O4-. The van der Waals surface area contributed by atoms with Crippen molar-refractivity contribution in [3.63, 3.8) is 0 Å². The maximum absolute atomic E-state index is 14.0. The van der Waals surface area contributed by atoms with E-state index in [-0.39, 0.29) is 11.3 Å². The predicted molar refractivity (Wildman–Crippen MR) is 128 cm³/mol. The van der Waals surface area contributed by atoms with Gasteiger partial charge in [-0.2, -0.15) is 13.2 Å². The van der Waals surface area contributed by atoms with Crippen LogP contribution in [-0.4, -0.2) is 36.4 Å². The second-order valence-electron chi connectivity index (χ2n) is 11.8. The van der Waals surface area contributed by atoms with Crippen LogP contribution in [0.2, 0.25) is 0 Å². The Balaban J connectivity index is 1.43. The summed E-state index contributed by atoms with van der Waals surface area (Å²) in [6.07, 6.45) is 2.41. The highest BCUT2D eigenvalue weighted by Gasteiger charge is 2.53. The van der Waals surface area contributed by atoms with Crippen molar-refractivity contribution in [3.05, 3.63) is 57.7 Å². The fraction of sp³-hybridized carbons (Fsp3) is 0.655. The first-order valence-corrected chi connectivity index (χ1v) is 13.9. The Morgan fingerprint density at radius 1 is 0.947 bits per heavy atom. The molecule has 5 aliphatic rings. The maximum atomic E-state index is 14.0. The second kappa shape index (κ2) is 8.98. The molecule has 1 saturated carbocycles. The van der Waals surface area contributed by atoms with Gasteiger partial charge in [0.15, 0.2) is 0 Å². The van der Waals surface area contributed by atoms with Gasteiger partial charge in [-0.3, -0.25) is 9.97 Å². The molecular weight excluding hydrogens is 497 g/mol. The van der Waals surface area contributed by atoms with Crippen molar-refractivity contribution in [3.8, 4) is 0 Å². The van der Waals surface area contributed by atoms with E-state index in [0.717, 1.165) is 78.9 Å². The molecule has 2 unspecified atom stereocenters. The summed E-state index contributed by atoms with van der Waals surface area (Å²) in [7, 11) is 0. The zero-order chi connectivity index (χ0) is 26.1. The smallest absolute Gasteiger partial charge is 0.417 e. The molecule has 0 amide bonds. The number of aromatic nitrogens is 2. The third-order valence-electron chi connectivity index (χ3n) is 9.63. The lowest BCUT2D eigenvalue weighted by Gasteiger charge is -2.51. The van der Waals surface area contributed by atoms with E-state index in [0.29, 0.717) is 51.4 Å². The van der Waals surface area contributed by atoms with E-state index < -0.39 is 29.5 Å². The number of rotatable bonds is 2. The first kappa shape index (κ1) is 24.9. The van der Waals surface area contributed by atoms with Gasteiger partial charge >= 0.3 is 6.18 Å². The Bertz CT molecular complexity index is 1220. The van der Waals surface area contributed by atoms with E-state index >= 15 is 0 Å². The number of halogens is 3. The van der Waals surface area contributed by atoms with E-state index in [1.54, 1.807) is 0 Å². The van der Waals surface area contributed by atoms with E-state index in [1.807, 2.05) is 0 Å². The highest BCUT2D eigenvalue weighted by atomic mass is 19.4. The van der Waals surface area contributed by atoms with Crippen molar-refractivity contribution in [1.29, 1.82) is 0 Å². The molecule has 0 bridgehead atoms. The van der Waals surface area contributed by atoms with Crippen molar-refractivity contribution in [2.24, 2.45) is 5.41 Å². The van der Waals surface area contributed by atoms with Crippen LogP contribution in [0.5, 0.6) is 0 Å². The normalized spacial score (nSPS) is 28.2. The fourth-order valence-corrected chi connectivity index (χ4v) is 7.53. The molecule has 5 heterocycles. The van der Waals surface area contributed by atoms with Gasteiger partial charge in [0.25, 0.3) is 0 Å². The number of pyridine rings is 2. The Morgan fingerprint density at radius 2 is 1.68 bits per heavy atom. The molecule has 6 nitrogen and oxygen atoms in total. The van der Waals surface area contributed by atoms with Crippen molar-refractivity contribution < 1.29 is 32.5 Å². The molecule has 7 rings (SSSR count). The number of nitrogens with zero attached hydrogens (tertiary/aromatic N) is 2. The lowest BCUT2D eigenvalue weighted by Crippen LogP contribution is -2.43. The quantitative estimate of drug-likeness (QED) is 0.543. The number of hydrogen-bond acceptors (Lipinski definition) is 6. The lowest BCUT2D eigenvalue weighted by molar-refractivity contribution is -0.436. The molecule has 2 spiro atoms. The Morgan fingerprint density at radius 3 is 2.32 bits per heavy atom. The average Bonchev–Trinajstić information content (AvgIpc) is 3.21. The third kappa shape index (κ3) is 3.92. The van der Waals surface area contributed by atoms with E-state index in [4.69, 9.17) is 19.2 Å². The summed E-state index contributed by atoms with van der Waals surface area (Å²) in [5.74, 6) is 0.141. The van der Waals surface area contributed by atoms with Crippen molar-refractivity contribution >= 4 is 0 Å². The van der Waals surface area contributed by atoms with Crippen LogP contribution in [0.25, 0.3) is 0 Å². The van der Waals surface area contributed by atoms with E-state index in [2.05, 4.69) is 4.98 Å². The van der Waals surface area contributed by atoms with Crippen LogP contribution in [0, 0.1) is 5.41 Å². The van der Waals surface area contributed by atoms with Gasteiger partial charge in [-0.1, -0.05) is 18.9 Å². The minimum atomic E-state index is -4.47. The summed E-state index contributed by atoms with van der Waals surface area (Å²) in [5, 5.41) is 14.0. The number of alkyl halides is 3. The summed E-state index contributed by atoms with van der Waals surface area (Å²) < 4.78 is 58.2. The third-order valence-corrected chi connectivity index (χ3v) is 9.63. The molecule has 2 aromatic rings. The molecule has 2 aromatic heterocycles. The van der Waals surface area contributed by atoms with Crippen LogP contribution in [0.3, 0.4) is 0 Å². The molecule has 2 saturated heterocycles. The predicted octanol–water partition coefficient (Wildman–Crippen LogP) is 5.03. The van der Waals surface area contributed by atoms with Crippen LogP contribution in [0.1, 0.15) is 109 Å². The van der Waals surface area contributed by atoms with Gasteiger partial charge in [-0.25, -0.2) is 0 Å². The molecule has 2 aliphatic carbocycles. The zero-order valence-corrected chi connectivity index (χ0v) is 21.3. The first-order valence-electron chi connectivity index (χ1n) is 13.9. The first-order chi connectivity index (χ1) is 18.3. The van der Waals surface area contributed by atoms with Gasteiger partial charge in [-0.05, 0) is 60.8 Å². The summed E-state index contributed by atoms with van der Waals surface area (Å²) in [6.45, 7) is 2.28. The van der Waals surface area contributed by atoms with Gasteiger partial charge in [0.2, 0.25) is 0 Å². The van der Waals surface area contributed by atoms with Crippen LogP contribution in [0.15, 0.2) is 18.3 Å². The zero-order valence-electron chi connectivity index (χ0n) is 21.3. The largest absolute Gasteiger partial charge is 0.848 e. The van der Waals surface area contributed by atoms with Gasteiger partial charge in [0, 0.05) is 62.6 Å². The Labute approximate surface area is 219 Å². The molecule has 2 atom stereocenters. The monoisotopic (exact) mass is 529 g/mol. The van der Waals surface area contributed by atoms with Crippen LogP contribution < -0.4 is 5.11 Å². The van der Waals surface area contributed by atoms with Crippen molar-refractivity contribution in [1.82, 2.24) is 9.97 Å². The van der Waals surface area contributed by atoms with Crippen LogP contribution >= 0.6 is 0 Å². The number of fused-ring (bicyclic) bond motifs is 4. The summed E-state index contributed by atoms with van der Waals surface area (Å²) >= 11 is 0. The molecule has 9 heteroatoms. The van der Waals surface area contributed by atoms with Crippen molar-refractivity contribution in [2.75, 3.05) is 26.4 Å². The van der Waals surface area contributed by atoms with Gasteiger partial charge < -0.3 is 19.3 Å². The minimum absolute atomic E-state index is 0.0598. The van der Waals surface area contributed by atoms with E-state index in [9.17, 15) is 18.3 Å². The second-order valence-corrected chi connectivity index (χ2v) is 11.8. The van der Waals surface area contributed by atoms with Crippen LogP contribution in [-0.2, 0) is 32.4 Å². The molecule has 0 N–H and O–H groups in total. The Hall–Kier alpha value is -2.07. The molecule has 3 aliphatic heterocycles. The van der Waals surface area contributed by atoms with Gasteiger partial charge in [0.1, 0.15) is 6.10 Å². The van der Waals surface area contributed by atoms with Crippen LogP contribution in [0.4, 0.5) is 13.2 Å². The highest BCUT2D eigenvalue weighted by Crippen LogP contribution is 2.60. The lowest BCUT2D eigenvalue weighted by atomic mass is 9.58. The summed E-state index contributed by atoms with van der Waals surface area (Å²) in [4.78, 5) is 9.53. The molecule has 3 fully saturated rings. The molecule has 204 valence electrons. The molecule has 0 radical (unpaired) electrons. The van der Waals surface area contributed by atoms with Gasteiger partial charge in [0.05, 0.1) is 22.6 Å². The Kier molecular flexibility index (Phi) is 5.89. The minimum Gasteiger partial charge on any atom is -0.848 e.